The van der Waals surface area contributed by atoms with Crippen molar-refractivity contribution in [3.05, 3.63) is 48.2 Å². The molecule has 0 fully saturated rings. The Balaban J connectivity index is 1.96. The normalized spacial score (nSPS) is 10.2. The van der Waals surface area contributed by atoms with Crippen LogP contribution in [0.2, 0.25) is 0 Å². The Hall–Kier alpha value is -2.56. The van der Waals surface area contributed by atoms with E-state index in [1.54, 1.807) is 25.4 Å². The van der Waals surface area contributed by atoms with E-state index in [9.17, 15) is 4.79 Å². The Morgan fingerprint density at radius 2 is 1.96 bits per heavy atom. The summed E-state index contributed by atoms with van der Waals surface area (Å²) < 4.78 is 5.13. The number of amides is 1. The number of carbonyl (C=O) groups excluding carboxylic acids is 1. The minimum absolute atomic E-state index is 0.0683. The van der Waals surface area contributed by atoms with Gasteiger partial charge in [-0.25, -0.2) is 4.98 Å². The summed E-state index contributed by atoms with van der Waals surface area (Å²) in [5.74, 6) is 1.36. The third kappa shape index (κ3) is 5.29. The fourth-order valence-corrected chi connectivity index (χ4v) is 2.14. The average Bonchev–Trinajstić information content (AvgIpc) is 2.59. The van der Waals surface area contributed by atoms with E-state index in [0.29, 0.717) is 17.9 Å². The van der Waals surface area contributed by atoms with Crippen molar-refractivity contribution in [3.8, 4) is 5.75 Å². The number of hydrogen-bond donors (Lipinski definition) is 2. The second kappa shape index (κ2) is 8.78. The van der Waals surface area contributed by atoms with E-state index in [0.717, 1.165) is 30.7 Å². The fraction of sp³-hybridized carbons (Fsp3) is 0.333. The molecule has 2 rings (SSSR count). The van der Waals surface area contributed by atoms with Crippen molar-refractivity contribution in [3.63, 3.8) is 0 Å². The van der Waals surface area contributed by atoms with E-state index >= 15 is 0 Å². The van der Waals surface area contributed by atoms with Gasteiger partial charge in [0.2, 0.25) is 0 Å². The summed E-state index contributed by atoms with van der Waals surface area (Å²) in [5.41, 5.74) is 1.49. The number of nitrogens with zero attached hydrogens (tertiary/aromatic N) is 1. The summed E-state index contributed by atoms with van der Waals surface area (Å²) in [5, 5.41) is 6.11. The van der Waals surface area contributed by atoms with E-state index in [4.69, 9.17) is 4.74 Å². The molecule has 1 aromatic carbocycles. The van der Waals surface area contributed by atoms with Crippen LogP contribution in [0.4, 0.5) is 11.5 Å². The first-order valence-electron chi connectivity index (χ1n) is 7.88. The summed E-state index contributed by atoms with van der Waals surface area (Å²) in [6, 6.07) is 11.0. The third-order valence-electron chi connectivity index (χ3n) is 3.45. The van der Waals surface area contributed by atoms with Crippen molar-refractivity contribution in [1.82, 2.24) is 10.3 Å². The van der Waals surface area contributed by atoms with Crippen molar-refractivity contribution in [2.45, 2.75) is 26.2 Å². The molecule has 2 aromatic rings. The van der Waals surface area contributed by atoms with Gasteiger partial charge in [-0.2, -0.15) is 0 Å². The van der Waals surface area contributed by atoms with E-state index in [1.165, 1.54) is 0 Å². The number of benzene rings is 1. The van der Waals surface area contributed by atoms with Gasteiger partial charge in [-0.1, -0.05) is 19.8 Å². The van der Waals surface area contributed by atoms with Gasteiger partial charge in [0.05, 0.1) is 7.11 Å². The molecular weight excluding hydrogens is 290 g/mol. The minimum atomic E-state index is -0.0683. The SMILES string of the molecule is CCCCCNC(=O)c1ccnc(Nc2ccc(OC)cc2)c1. The van der Waals surface area contributed by atoms with Crippen LogP contribution in [-0.4, -0.2) is 24.5 Å². The first-order valence-corrected chi connectivity index (χ1v) is 7.88. The van der Waals surface area contributed by atoms with E-state index in [2.05, 4.69) is 22.5 Å². The molecule has 2 N–H and O–H groups in total. The largest absolute Gasteiger partial charge is 0.497 e. The highest BCUT2D eigenvalue weighted by molar-refractivity contribution is 5.94. The van der Waals surface area contributed by atoms with Crippen molar-refractivity contribution in [2.75, 3.05) is 19.0 Å². The Labute approximate surface area is 137 Å². The molecule has 23 heavy (non-hydrogen) atoms. The Morgan fingerprint density at radius 3 is 2.65 bits per heavy atom. The third-order valence-corrected chi connectivity index (χ3v) is 3.45. The van der Waals surface area contributed by atoms with Crippen LogP contribution in [-0.2, 0) is 0 Å². The molecule has 122 valence electrons. The molecule has 1 amide bonds. The number of hydrogen-bond acceptors (Lipinski definition) is 4. The maximum atomic E-state index is 12.1. The maximum absolute atomic E-state index is 12.1. The van der Waals surface area contributed by atoms with Gasteiger partial charge in [0, 0.05) is 24.0 Å². The number of carbonyl (C=O) groups is 1. The summed E-state index contributed by atoms with van der Waals surface area (Å²) in [7, 11) is 1.63. The molecular formula is C18H23N3O2. The number of nitrogens with one attached hydrogen (secondary N) is 2. The van der Waals surface area contributed by atoms with Crippen LogP contribution in [0.25, 0.3) is 0 Å². The zero-order valence-electron chi connectivity index (χ0n) is 13.6. The number of methoxy groups -OCH3 is 1. The predicted molar refractivity (Wildman–Crippen MR) is 92.4 cm³/mol. The summed E-state index contributed by atoms with van der Waals surface area (Å²) >= 11 is 0. The van der Waals surface area contributed by atoms with E-state index in [1.807, 2.05) is 24.3 Å². The van der Waals surface area contributed by atoms with Crippen LogP contribution in [0.5, 0.6) is 5.75 Å². The maximum Gasteiger partial charge on any atom is 0.251 e. The molecule has 5 nitrogen and oxygen atoms in total. The lowest BCUT2D eigenvalue weighted by atomic mass is 10.2. The van der Waals surface area contributed by atoms with Gasteiger partial charge in [0.25, 0.3) is 5.91 Å². The summed E-state index contributed by atoms with van der Waals surface area (Å²) in [4.78, 5) is 16.4. The second-order valence-corrected chi connectivity index (χ2v) is 5.25. The minimum Gasteiger partial charge on any atom is -0.497 e. The molecule has 0 unspecified atom stereocenters. The van der Waals surface area contributed by atoms with Crippen LogP contribution >= 0.6 is 0 Å². The van der Waals surface area contributed by atoms with Gasteiger partial charge in [0.15, 0.2) is 0 Å². The molecule has 0 atom stereocenters. The number of aromatic nitrogens is 1. The number of ether oxygens (including phenoxy) is 1. The molecule has 0 spiro atoms. The molecule has 5 heteroatoms. The van der Waals surface area contributed by atoms with Crippen molar-refractivity contribution >= 4 is 17.4 Å². The standard InChI is InChI=1S/C18H23N3O2/c1-3-4-5-11-20-18(22)14-10-12-19-17(13-14)21-15-6-8-16(23-2)9-7-15/h6-10,12-13H,3-5,11H2,1-2H3,(H,19,21)(H,20,22). The van der Waals surface area contributed by atoms with Crippen LogP contribution in [0, 0.1) is 0 Å². The van der Waals surface area contributed by atoms with Crippen molar-refractivity contribution in [1.29, 1.82) is 0 Å². The van der Waals surface area contributed by atoms with Crippen molar-refractivity contribution < 1.29 is 9.53 Å². The molecule has 0 radical (unpaired) electrons. The zero-order valence-corrected chi connectivity index (χ0v) is 13.6. The van der Waals surface area contributed by atoms with Crippen LogP contribution in [0.15, 0.2) is 42.6 Å². The molecule has 0 aliphatic carbocycles. The molecule has 0 bridgehead atoms. The van der Waals surface area contributed by atoms with Gasteiger partial charge in [0.1, 0.15) is 11.6 Å². The smallest absolute Gasteiger partial charge is 0.251 e. The topological polar surface area (TPSA) is 63.2 Å². The highest BCUT2D eigenvalue weighted by Crippen LogP contribution is 2.19. The fourth-order valence-electron chi connectivity index (χ4n) is 2.14. The van der Waals surface area contributed by atoms with Crippen LogP contribution < -0.4 is 15.4 Å². The van der Waals surface area contributed by atoms with Gasteiger partial charge in [-0.05, 0) is 42.8 Å². The quantitative estimate of drug-likeness (QED) is 0.729. The number of anilines is 2. The second-order valence-electron chi connectivity index (χ2n) is 5.25. The molecule has 1 heterocycles. The van der Waals surface area contributed by atoms with E-state index < -0.39 is 0 Å². The number of pyridine rings is 1. The molecule has 0 aliphatic heterocycles. The Kier molecular flexibility index (Phi) is 6.41. The van der Waals surface area contributed by atoms with Crippen molar-refractivity contribution in [2.24, 2.45) is 0 Å². The van der Waals surface area contributed by atoms with Gasteiger partial charge in [-0.15, -0.1) is 0 Å². The van der Waals surface area contributed by atoms with E-state index in [-0.39, 0.29) is 5.91 Å². The van der Waals surface area contributed by atoms with Gasteiger partial charge >= 0.3 is 0 Å². The lowest BCUT2D eigenvalue weighted by Crippen LogP contribution is -2.24. The highest BCUT2D eigenvalue weighted by Gasteiger charge is 2.06. The summed E-state index contributed by atoms with van der Waals surface area (Å²) in [6.45, 7) is 2.85. The molecule has 0 saturated carbocycles. The molecule has 0 saturated heterocycles. The number of rotatable bonds is 8. The Bertz CT molecular complexity index is 626. The monoisotopic (exact) mass is 313 g/mol. The van der Waals surface area contributed by atoms with Crippen LogP contribution in [0.3, 0.4) is 0 Å². The first kappa shape index (κ1) is 16.8. The predicted octanol–water partition coefficient (Wildman–Crippen LogP) is 3.75. The zero-order chi connectivity index (χ0) is 16.5. The van der Waals surface area contributed by atoms with Gasteiger partial charge < -0.3 is 15.4 Å². The Morgan fingerprint density at radius 1 is 1.17 bits per heavy atom. The lowest BCUT2D eigenvalue weighted by Gasteiger charge is -2.09. The van der Waals surface area contributed by atoms with Crippen LogP contribution in [0.1, 0.15) is 36.5 Å². The average molecular weight is 313 g/mol. The molecule has 1 aromatic heterocycles. The number of unbranched alkanes of at least 4 members (excludes halogenated alkanes) is 2. The lowest BCUT2D eigenvalue weighted by molar-refractivity contribution is 0.0953. The molecule has 0 aliphatic rings. The summed E-state index contributed by atoms with van der Waals surface area (Å²) in [6.07, 6.45) is 4.90. The van der Waals surface area contributed by atoms with Gasteiger partial charge in [-0.3, -0.25) is 4.79 Å². The first-order chi connectivity index (χ1) is 11.2. The highest BCUT2D eigenvalue weighted by atomic mass is 16.5.